The van der Waals surface area contributed by atoms with Gasteiger partial charge in [-0.25, -0.2) is 27.8 Å². The molecule has 68 heavy (non-hydrogen) atoms. The zero-order valence-electron chi connectivity index (χ0n) is 38.4. The smallest absolute Gasteiger partial charge is 0.333 e. The molecule has 21 heteroatoms. The van der Waals surface area contributed by atoms with E-state index >= 15 is 8.78 Å². The van der Waals surface area contributed by atoms with Crippen LogP contribution in [0.4, 0.5) is 20.3 Å². The highest BCUT2D eigenvalue weighted by molar-refractivity contribution is 6.10. The minimum atomic E-state index is -2.85. The number of aromatic nitrogens is 10. The summed E-state index contributed by atoms with van der Waals surface area (Å²) in [6.07, 6.45) is 14.6. The van der Waals surface area contributed by atoms with Crippen molar-refractivity contribution in [3.05, 3.63) is 71.3 Å². The van der Waals surface area contributed by atoms with Crippen molar-refractivity contribution < 1.29 is 23.5 Å². The van der Waals surface area contributed by atoms with Gasteiger partial charge in [0.25, 0.3) is 12.3 Å². The minimum Gasteiger partial charge on any atom is -0.390 e. The van der Waals surface area contributed by atoms with E-state index in [2.05, 4.69) is 51.5 Å². The van der Waals surface area contributed by atoms with E-state index in [1.54, 1.807) is 39.4 Å². The molecule has 4 aliphatic heterocycles. The molecule has 6 aromatic rings. The number of aliphatic hydroxyl groups is 1. The monoisotopic (exact) mass is 933 g/mol. The van der Waals surface area contributed by atoms with Gasteiger partial charge < -0.3 is 14.9 Å². The van der Waals surface area contributed by atoms with Gasteiger partial charge in [-0.3, -0.25) is 38.5 Å². The topological polar surface area (TPSA) is 185 Å². The number of aryl methyl sites for hydroxylation is 1. The maximum atomic E-state index is 15.1. The molecule has 1 aromatic carbocycles. The Morgan fingerprint density at radius 1 is 0.897 bits per heavy atom. The van der Waals surface area contributed by atoms with E-state index in [0.29, 0.717) is 67.1 Å². The second-order valence-electron chi connectivity index (χ2n) is 19.4. The second kappa shape index (κ2) is 17.6. The Morgan fingerprint density at radius 3 is 2.44 bits per heavy atom. The van der Waals surface area contributed by atoms with E-state index in [4.69, 9.17) is 4.98 Å². The summed E-state index contributed by atoms with van der Waals surface area (Å²) in [5, 5.41) is 30.8. The number of hydrogen-bond donors (Lipinski definition) is 2. The maximum absolute atomic E-state index is 15.1. The molecule has 2 N–H and O–H groups in total. The summed E-state index contributed by atoms with van der Waals surface area (Å²) < 4.78 is 38.1. The Morgan fingerprint density at radius 2 is 1.68 bits per heavy atom. The molecule has 358 valence electrons. The lowest BCUT2D eigenvalue weighted by molar-refractivity contribution is -0.128. The standard InChI is InChI=1S/C47H57F2N15O4/c1-47(68)15-19-57(20-16-47)37-14-18-61-44(51-37)32(27-50-61)33-28-62(55-53-33)36-29-63(54-41(36)43(48)49)45(30-9-4-3-5-10-30)59-23-21-58(22-24-59)40-13-6-7-17-60(40)34-11-8-12-35-42(34)56(2)46(67)64(35)31-25-38(65)52-39(66)26-31/h8,11-12,14,18,25,27-30,40,43,45,68H,3-7,9-10,13,15-17,19-24,26H2,1-2H3,(H,52,65,66)/t40?,45-/m1/s1. The fourth-order valence-corrected chi connectivity index (χ4v) is 11.4. The SMILES string of the molecule is Cn1c(=O)n(C2=CC(=O)NC(=O)C2)c2cccc(N3CCCCC3N3CCN([C@@H](C4CCCCC4)n4cc(-n5cc(-c6cnn7ccc(N8CCC(C)(O)CC8)nc67)nn5)c(C(F)F)n4)CC3)c21. The number of carbonyl (C=O) groups is 2. The molecule has 1 saturated carbocycles. The first-order chi connectivity index (χ1) is 32.9. The van der Waals surface area contributed by atoms with E-state index in [0.717, 1.165) is 88.0 Å². The van der Waals surface area contributed by atoms with Crippen LogP contribution in [0.3, 0.4) is 0 Å². The van der Waals surface area contributed by atoms with Gasteiger partial charge in [-0.2, -0.15) is 10.2 Å². The van der Waals surface area contributed by atoms with Crippen molar-refractivity contribution >= 4 is 45.7 Å². The van der Waals surface area contributed by atoms with Gasteiger partial charge in [-0.15, -0.1) is 5.10 Å². The van der Waals surface area contributed by atoms with Crippen LogP contribution in [0.2, 0.25) is 0 Å². The number of nitrogens with zero attached hydrogens (tertiary/aromatic N) is 14. The Hall–Kier alpha value is -6.32. The zero-order chi connectivity index (χ0) is 46.8. The van der Waals surface area contributed by atoms with E-state index in [1.807, 2.05) is 31.3 Å². The fourth-order valence-electron chi connectivity index (χ4n) is 11.4. The maximum Gasteiger partial charge on any atom is 0.333 e. The molecule has 0 radical (unpaired) electrons. The Balaban J connectivity index is 0.855. The number of nitrogens with one attached hydrogen (secondary N) is 1. The Bertz CT molecular complexity index is 2960. The van der Waals surface area contributed by atoms with Crippen LogP contribution in [0.1, 0.15) is 95.8 Å². The number of piperazine rings is 1. The summed E-state index contributed by atoms with van der Waals surface area (Å²) in [7, 11) is 1.74. The highest BCUT2D eigenvalue weighted by Crippen LogP contribution is 2.39. The quantitative estimate of drug-likeness (QED) is 0.180. The number of amides is 2. The minimum absolute atomic E-state index is 0.0601. The summed E-state index contributed by atoms with van der Waals surface area (Å²) in [6, 6.07) is 7.74. The third-order valence-corrected chi connectivity index (χ3v) is 15.0. The van der Waals surface area contributed by atoms with Crippen molar-refractivity contribution in [1.29, 1.82) is 0 Å². The van der Waals surface area contributed by atoms with Crippen LogP contribution >= 0.6 is 0 Å². The first-order valence-electron chi connectivity index (χ1n) is 24.0. The highest BCUT2D eigenvalue weighted by atomic mass is 19.3. The van der Waals surface area contributed by atoms with Gasteiger partial charge in [-0.1, -0.05) is 30.5 Å². The number of alkyl halides is 2. The molecule has 2 atom stereocenters. The number of hydrogen-bond acceptors (Lipinski definition) is 13. The van der Waals surface area contributed by atoms with Crippen molar-refractivity contribution in [1.82, 2.24) is 63.6 Å². The van der Waals surface area contributed by atoms with Gasteiger partial charge >= 0.3 is 5.69 Å². The van der Waals surface area contributed by atoms with E-state index in [-0.39, 0.29) is 41.7 Å². The molecule has 9 heterocycles. The van der Waals surface area contributed by atoms with Crippen LogP contribution in [-0.4, -0.2) is 133 Å². The number of piperidine rings is 2. The highest BCUT2D eigenvalue weighted by Gasteiger charge is 2.38. The molecule has 1 unspecified atom stereocenters. The number of para-hydroxylation sites is 1. The summed E-state index contributed by atoms with van der Waals surface area (Å²) in [5.41, 5.74) is 3.09. The summed E-state index contributed by atoms with van der Waals surface area (Å²) in [6.45, 7) is 6.91. The normalized spacial score (nSPS) is 21.9. The van der Waals surface area contributed by atoms with Crippen LogP contribution in [0, 0.1) is 5.92 Å². The van der Waals surface area contributed by atoms with Gasteiger partial charge in [0.15, 0.2) is 11.3 Å². The largest absolute Gasteiger partial charge is 0.390 e. The Labute approximate surface area is 390 Å². The molecule has 4 fully saturated rings. The Kier molecular flexibility index (Phi) is 11.5. The third-order valence-electron chi connectivity index (χ3n) is 15.0. The van der Waals surface area contributed by atoms with Gasteiger partial charge in [-0.05, 0) is 76.0 Å². The average molecular weight is 934 g/mol. The van der Waals surface area contributed by atoms with Gasteiger partial charge in [0.2, 0.25) is 5.91 Å². The number of halogens is 2. The van der Waals surface area contributed by atoms with Crippen molar-refractivity contribution in [3.63, 3.8) is 0 Å². The summed E-state index contributed by atoms with van der Waals surface area (Å²) >= 11 is 0. The number of imide groups is 1. The van der Waals surface area contributed by atoms with Crippen LogP contribution < -0.4 is 20.8 Å². The average Bonchev–Trinajstić information content (AvgIpc) is 4.15. The molecule has 5 aromatic heterocycles. The molecule has 11 rings (SSSR count). The zero-order valence-corrected chi connectivity index (χ0v) is 38.4. The van der Waals surface area contributed by atoms with E-state index in [1.165, 1.54) is 15.3 Å². The van der Waals surface area contributed by atoms with Crippen LogP contribution in [-0.2, 0) is 16.6 Å². The van der Waals surface area contributed by atoms with Gasteiger partial charge in [0.1, 0.15) is 23.4 Å². The molecular weight excluding hydrogens is 877 g/mol. The van der Waals surface area contributed by atoms with Crippen molar-refractivity contribution in [2.24, 2.45) is 13.0 Å². The van der Waals surface area contributed by atoms with Crippen LogP contribution in [0.15, 0.2) is 59.9 Å². The molecule has 3 saturated heterocycles. The van der Waals surface area contributed by atoms with Gasteiger partial charge in [0, 0.05) is 70.8 Å². The predicted molar refractivity (Wildman–Crippen MR) is 249 cm³/mol. The lowest BCUT2D eigenvalue weighted by Gasteiger charge is -2.49. The van der Waals surface area contributed by atoms with Crippen molar-refractivity contribution in [2.45, 2.75) is 102 Å². The number of benzene rings is 1. The van der Waals surface area contributed by atoms with Gasteiger partial charge in [0.05, 0.1) is 59.1 Å². The number of rotatable bonds is 10. The van der Waals surface area contributed by atoms with E-state index < -0.39 is 23.8 Å². The molecule has 0 bridgehead atoms. The first kappa shape index (κ1) is 44.2. The molecular formula is C47H57F2N15O4. The van der Waals surface area contributed by atoms with Crippen LogP contribution in [0.25, 0.3) is 39.3 Å². The molecule has 1 aliphatic carbocycles. The number of carbonyl (C=O) groups excluding carboxylic acids is 2. The lowest BCUT2D eigenvalue weighted by atomic mass is 9.86. The van der Waals surface area contributed by atoms with Crippen molar-refractivity contribution in [3.8, 4) is 16.9 Å². The van der Waals surface area contributed by atoms with Crippen LogP contribution in [0.5, 0.6) is 0 Å². The molecule has 5 aliphatic rings. The summed E-state index contributed by atoms with van der Waals surface area (Å²) in [4.78, 5) is 52.9. The number of imidazole rings is 1. The lowest BCUT2D eigenvalue weighted by Crippen LogP contribution is -2.58. The summed E-state index contributed by atoms with van der Waals surface area (Å²) in [5.74, 6) is -0.000863. The molecule has 0 spiro atoms. The predicted octanol–water partition coefficient (Wildman–Crippen LogP) is 4.72. The molecule has 19 nitrogen and oxygen atoms in total. The fraction of sp³-hybridized carbons (Fsp3) is 0.532. The van der Waals surface area contributed by atoms with E-state index in [9.17, 15) is 19.5 Å². The number of fused-ring (bicyclic) bond motifs is 2. The van der Waals surface area contributed by atoms with Crippen molar-refractivity contribution in [2.75, 3.05) is 55.6 Å². The third kappa shape index (κ3) is 8.06. The second-order valence-corrected chi connectivity index (χ2v) is 19.4. The number of anilines is 2. The molecule has 2 amide bonds. The first-order valence-corrected chi connectivity index (χ1v) is 24.0.